The molecule has 0 bridgehead atoms. The molecule has 0 radical (unpaired) electrons. The first-order valence-corrected chi connectivity index (χ1v) is 7.42. The summed E-state index contributed by atoms with van der Waals surface area (Å²) < 4.78 is 13.2. The Labute approximate surface area is 140 Å². The lowest BCUT2D eigenvalue weighted by atomic mass is 10.0. The van der Waals surface area contributed by atoms with Crippen molar-refractivity contribution in [1.29, 1.82) is 0 Å². The zero-order valence-corrected chi connectivity index (χ0v) is 13.6. The third-order valence-electron chi connectivity index (χ3n) is 3.40. The van der Waals surface area contributed by atoms with E-state index in [-0.39, 0.29) is 11.1 Å². The van der Waals surface area contributed by atoms with Crippen LogP contribution in [0.2, 0.25) is 0 Å². The fourth-order valence-electron chi connectivity index (χ4n) is 2.02. The molecule has 24 heavy (non-hydrogen) atoms. The van der Waals surface area contributed by atoms with E-state index in [1.807, 2.05) is 31.2 Å². The molecule has 0 aromatic heterocycles. The lowest BCUT2D eigenvalue weighted by Crippen LogP contribution is -2.31. The Kier molecular flexibility index (Phi) is 5.42. The van der Waals surface area contributed by atoms with E-state index in [0.717, 1.165) is 11.1 Å². The standard InChI is InChI=1S/C20H18FNO2/c1-13(2)19(23)22-20(24)18(16-8-10-17(21)11-9-16)12-15-6-4-14(3)5-7-15/h4-12H,1H2,2-3H3,(H,22,23,24)/b18-12-. The van der Waals surface area contributed by atoms with E-state index in [1.165, 1.54) is 31.2 Å². The van der Waals surface area contributed by atoms with Crippen molar-refractivity contribution in [3.63, 3.8) is 0 Å². The largest absolute Gasteiger partial charge is 0.288 e. The first kappa shape index (κ1) is 17.3. The lowest BCUT2D eigenvalue weighted by molar-refractivity contribution is -0.125. The van der Waals surface area contributed by atoms with E-state index in [0.29, 0.717) is 5.56 Å². The average molecular weight is 323 g/mol. The highest BCUT2D eigenvalue weighted by molar-refractivity contribution is 6.28. The van der Waals surface area contributed by atoms with Crippen LogP contribution in [0.1, 0.15) is 23.6 Å². The summed E-state index contributed by atoms with van der Waals surface area (Å²) in [6.07, 6.45) is 1.66. The van der Waals surface area contributed by atoms with E-state index in [1.54, 1.807) is 6.08 Å². The van der Waals surface area contributed by atoms with Crippen molar-refractivity contribution < 1.29 is 14.0 Å². The molecule has 0 aliphatic heterocycles. The van der Waals surface area contributed by atoms with Gasteiger partial charge in [-0.1, -0.05) is 48.5 Å². The number of nitrogens with one attached hydrogen (secondary N) is 1. The third-order valence-corrected chi connectivity index (χ3v) is 3.40. The Balaban J connectivity index is 2.42. The number of benzene rings is 2. The highest BCUT2D eigenvalue weighted by atomic mass is 19.1. The van der Waals surface area contributed by atoms with Crippen molar-refractivity contribution >= 4 is 23.5 Å². The molecule has 0 heterocycles. The van der Waals surface area contributed by atoms with Crippen LogP contribution in [-0.2, 0) is 9.59 Å². The first-order valence-electron chi connectivity index (χ1n) is 7.42. The zero-order chi connectivity index (χ0) is 17.7. The van der Waals surface area contributed by atoms with Gasteiger partial charge in [0.2, 0.25) is 0 Å². The second-order valence-corrected chi connectivity index (χ2v) is 5.54. The monoisotopic (exact) mass is 323 g/mol. The smallest absolute Gasteiger partial charge is 0.258 e. The number of imide groups is 1. The van der Waals surface area contributed by atoms with Gasteiger partial charge in [-0.3, -0.25) is 14.9 Å². The molecule has 0 atom stereocenters. The molecule has 0 fully saturated rings. The summed E-state index contributed by atoms with van der Waals surface area (Å²) in [5, 5.41) is 2.28. The van der Waals surface area contributed by atoms with E-state index >= 15 is 0 Å². The van der Waals surface area contributed by atoms with Gasteiger partial charge in [0.15, 0.2) is 0 Å². The van der Waals surface area contributed by atoms with Gasteiger partial charge >= 0.3 is 0 Å². The number of aryl methyl sites for hydroxylation is 1. The van der Waals surface area contributed by atoms with Gasteiger partial charge in [-0.05, 0) is 43.2 Å². The summed E-state index contributed by atoms with van der Waals surface area (Å²) in [5.41, 5.74) is 2.92. The van der Waals surface area contributed by atoms with Crippen LogP contribution in [0.3, 0.4) is 0 Å². The molecule has 0 aliphatic rings. The molecule has 1 N–H and O–H groups in total. The molecule has 0 aliphatic carbocycles. The number of carbonyl (C=O) groups excluding carboxylic acids is 2. The molecule has 0 unspecified atom stereocenters. The third kappa shape index (κ3) is 4.49. The summed E-state index contributed by atoms with van der Waals surface area (Å²) in [6, 6.07) is 13.1. The molecule has 2 aromatic rings. The fourth-order valence-corrected chi connectivity index (χ4v) is 2.02. The fraction of sp³-hybridized carbons (Fsp3) is 0.100. The minimum absolute atomic E-state index is 0.233. The van der Waals surface area contributed by atoms with Crippen LogP contribution in [0, 0.1) is 12.7 Å². The van der Waals surface area contributed by atoms with E-state index in [9.17, 15) is 14.0 Å². The maximum atomic E-state index is 13.2. The molecule has 2 aromatic carbocycles. The predicted molar refractivity (Wildman–Crippen MR) is 93.4 cm³/mol. The van der Waals surface area contributed by atoms with Crippen molar-refractivity contribution in [3.05, 3.63) is 83.2 Å². The maximum Gasteiger partial charge on any atom is 0.258 e. The Hall–Kier alpha value is -3.01. The maximum absolute atomic E-state index is 13.2. The summed E-state index contributed by atoms with van der Waals surface area (Å²) >= 11 is 0. The molecule has 0 saturated carbocycles. The predicted octanol–water partition coefficient (Wildman–Crippen LogP) is 3.89. The Morgan fingerprint density at radius 2 is 1.58 bits per heavy atom. The topological polar surface area (TPSA) is 46.2 Å². The van der Waals surface area contributed by atoms with E-state index in [4.69, 9.17) is 0 Å². The van der Waals surface area contributed by atoms with Crippen LogP contribution in [0.15, 0.2) is 60.7 Å². The minimum Gasteiger partial charge on any atom is -0.288 e. The molecule has 3 nitrogen and oxygen atoms in total. The van der Waals surface area contributed by atoms with Crippen molar-refractivity contribution in [3.8, 4) is 0 Å². The summed E-state index contributed by atoms with van der Waals surface area (Å²) in [7, 11) is 0. The van der Waals surface area contributed by atoms with Crippen molar-refractivity contribution in [1.82, 2.24) is 5.32 Å². The van der Waals surface area contributed by atoms with Crippen LogP contribution in [0.5, 0.6) is 0 Å². The summed E-state index contributed by atoms with van der Waals surface area (Å²) in [4.78, 5) is 24.2. The molecular weight excluding hydrogens is 305 g/mol. The molecule has 2 amide bonds. The van der Waals surface area contributed by atoms with Crippen LogP contribution >= 0.6 is 0 Å². The van der Waals surface area contributed by atoms with E-state index < -0.39 is 17.6 Å². The van der Waals surface area contributed by atoms with Gasteiger partial charge in [0.25, 0.3) is 11.8 Å². The number of halogens is 1. The van der Waals surface area contributed by atoms with Crippen molar-refractivity contribution in [2.45, 2.75) is 13.8 Å². The van der Waals surface area contributed by atoms with Gasteiger partial charge in [-0.25, -0.2) is 4.39 Å². The van der Waals surface area contributed by atoms with Gasteiger partial charge in [0, 0.05) is 11.1 Å². The second kappa shape index (κ2) is 7.51. The number of amides is 2. The van der Waals surface area contributed by atoms with Crippen molar-refractivity contribution in [2.75, 3.05) is 0 Å². The number of hydrogen-bond acceptors (Lipinski definition) is 2. The normalized spacial score (nSPS) is 11.0. The molecule has 4 heteroatoms. The van der Waals surface area contributed by atoms with Gasteiger partial charge in [0.05, 0.1) is 0 Å². The van der Waals surface area contributed by atoms with Crippen LogP contribution < -0.4 is 5.32 Å². The minimum atomic E-state index is -0.560. The second-order valence-electron chi connectivity index (χ2n) is 5.54. The molecule has 0 saturated heterocycles. The quantitative estimate of drug-likeness (QED) is 0.685. The first-order chi connectivity index (χ1) is 11.4. The lowest BCUT2D eigenvalue weighted by Gasteiger charge is -2.09. The molecule has 2 rings (SSSR count). The van der Waals surface area contributed by atoms with Crippen molar-refractivity contribution in [2.24, 2.45) is 0 Å². The van der Waals surface area contributed by atoms with Crippen LogP contribution in [0.4, 0.5) is 4.39 Å². The Morgan fingerprint density at radius 1 is 1.00 bits per heavy atom. The summed E-state index contributed by atoms with van der Waals surface area (Å²) in [6.45, 7) is 6.99. The molecule has 0 spiro atoms. The summed E-state index contributed by atoms with van der Waals surface area (Å²) in [5.74, 6) is -1.50. The van der Waals surface area contributed by atoms with Gasteiger partial charge in [-0.2, -0.15) is 0 Å². The molecular formula is C20H18FNO2. The number of rotatable bonds is 4. The Morgan fingerprint density at radius 3 is 2.12 bits per heavy atom. The SMILES string of the molecule is C=C(C)C(=O)NC(=O)/C(=C\c1ccc(C)cc1)c1ccc(F)cc1. The number of hydrogen-bond donors (Lipinski definition) is 1. The van der Waals surface area contributed by atoms with E-state index in [2.05, 4.69) is 11.9 Å². The van der Waals surface area contributed by atoms with Gasteiger partial charge in [-0.15, -0.1) is 0 Å². The zero-order valence-electron chi connectivity index (χ0n) is 13.6. The van der Waals surface area contributed by atoms with Crippen LogP contribution in [-0.4, -0.2) is 11.8 Å². The average Bonchev–Trinajstić information content (AvgIpc) is 2.55. The highest BCUT2D eigenvalue weighted by Gasteiger charge is 2.15. The van der Waals surface area contributed by atoms with Crippen LogP contribution in [0.25, 0.3) is 11.6 Å². The Bertz CT molecular complexity index is 803. The van der Waals surface area contributed by atoms with Gasteiger partial charge in [0.1, 0.15) is 5.82 Å². The molecule has 122 valence electrons. The highest BCUT2D eigenvalue weighted by Crippen LogP contribution is 2.20. The van der Waals surface area contributed by atoms with Gasteiger partial charge < -0.3 is 0 Å². The number of carbonyl (C=O) groups is 2.